The van der Waals surface area contributed by atoms with Crippen LogP contribution in [-0.4, -0.2) is 107 Å². The Balaban J connectivity index is 4.29. The summed E-state index contributed by atoms with van der Waals surface area (Å²) >= 11 is 0. The highest BCUT2D eigenvalue weighted by Crippen LogP contribution is 2.14. The van der Waals surface area contributed by atoms with Crippen molar-refractivity contribution >= 4 is 0 Å². The summed E-state index contributed by atoms with van der Waals surface area (Å²) in [6.45, 7) is 11.8. The predicted molar refractivity (Wildman–Crippen MR) is 107 cm³/mol. The number of unbranched alkanes of at least 4 members (excludes halogenated alkanes) is 3. The predicted octanol–water partition coefficient (Wildman–Crippen LogP) is 0.963. The van der Waals surface area contributed by atoms with E-state index in [-0.39, 0.29) is 24.4 Å². The fourth-order valence-corrected chi connectivity index (χ4v) is 4.41. The summed E-state index contributed by atoms with van der Waals surface area (Å²) in [6, 6.07) is 0. The van der Waals surface area contributed by atoms with Crippen LogP contribution >= 0.6 is 0 Å². The third-order valence-electron chi connectivity index (χ3n) is 4.97. The summed E-state index contributed by atoms with van der Waals surface area (Å²) in [4.78, 5) is 0. The molecule has 0 aliphatic carbocycles. The van der Waals surface area contributed by atoms with E-state index in [1.54, 1.807) is 0 Å². The molecule has 0 aromatic heterocycles. The molecule has 6 heteroatoms. The lowest BCUT2D eigenvalue weighted by Crippen LogP contribution is -2.52. The van der Waals surface area contributed by atoms with E-state index in [0.29, 0.717) is 35.1 Å². The molecule has 0 amide bonds. The molecule has 0 aromatic rings. The van der Waals surface area contributed by atoms with Gasteiger partial charge in [0.25, 0.3) is 0 Å². The highest BCUT2D eigenvalue weighted by molar-refractivity contribution is 4.55. The Morgan fingerprint density at radius 3 is 0.923 bits per heavy atom. The third kappa shape index (κ3) is 13.0. The maximum atomic E-state index is 9.73. The molecule has 0 spiro atoms. The van der Waals surface area contributed by atoms with E-state index in [1.165, 1.54) is 0 Å². The highest BCUT2D eigenvalue weighted by Gasteiger charge is 2.26. The summed E-state index contributed by atoms with van der Waals surface area (Å²) in [5.74, 6) is 0. The molecule has 0 fully saturated rings. The summed E-state index contributed by atoms with van der Waals surface area (Å²) in [5, 5.41) is 38.9. The van der Waals surface area contributed by atoms with E-state index < -0.39 is 0 Å². The lowest BCUT2D eigenvalue weighted by molar-refractivity contribution is -0.915. The quantitative estimate of drug-likeness (QED) is 0.253. The maximum Gasteiger partial charge on any atom is 0.105 e. The number of likely N-dealkylation sites (N-methyl/N-ethyl adjacent to an activating group) is 2. The van der Waals surface area contributed by atoms with Gasteiger partial charge in [-0.15, -0.1) is 0 Å². The van der Waals surface area contributed by atoms with Crippen LogP contribution in [0.3, 0.4) is 0 Å². The number of aliphatic hydroxyl groups excluding tert-OH is 4. The molecule has 0 aromatic carbocycles. The second-order valence-electron chi connectivity index (χ2n) is 9.23. The van der Waals surface area contributed by atoms with Gasteiger partial charge >= 0.3 is 0 Å². The molecule has 158 valence electrons. The molecule has 4 atom stereocenters. The van der Waals surface area contributed by atoms with Crippen molar-refractivity contribution in [2.24, 2.45) is 0 Å². The van der Waals surface area contributed by atoms with Crippen LogP contribution in [0.5, 0.6) is 0 Å². The first-order chi connectivity index (χ1) is 11.9. The van der Waals surface area contributed by atoms with Gasteiger partial charge in [-0.05, 0) is 53.4 Å². The van der Waals surface area contributed by atoms with Crippen molar-refractivity contribution in [3.63, 3.8) is 0 Å². The third-order valence-corrected chi connectivity index (χ3v) is 4.97. The number of hydrogen-bond acceptors (Lipinski definition) is 4. The summed E-state index contributed by atoms with van der Waals surface area (Å²) < 4.78 is 1.40. The average Bonchev–Trinajstić information content (AvgIpc) is 2.38. The summed E-state index contributed by atoms with van der Waals surface area (Å²) in [5.41, 5.74) is 0. The Morgan fingerprint density at radius 2 is 0.731 bits per heavy atom. The Kier molecular flexibility index (Phi) is 12.2. The molecule has 4 unspecified atom stereocenters. The second kappa shape index (κ2) is 12.3. The van der Waals surface area contributed by atoms with Gasteiger partial charge in [0.05, 0.1) is 27.2 Å². The Labute approximate surface area is 161 Å². The first-order valence-corrected chi connectivity index (χ1v) is 10.3. The molecule has 0 saturated carbocycles. The molecule has 6 nitrogen and oxygen atoms in total. The minimum absolute atomic E-state index is 0.363. The molecular formula is C20H46N2O4+2. The average molecular weight is 379 g/mol. The van der Waals surface area contributed by atoms with Crippen molar-refractivity contribution in [2.45, 2.75) is 77.8 Å². The van der Waals surface area contributed by atoms with Crippen LogP contribution in [0.1, 0.15) is 53.4 Å². The van der Waals surface area contributed by atoms with Crippen molar-refractivity contribution in [3.05, 3.63) is 0 Å². The van der Waals surface area contributed by atoms with E-state index >= 15 is 0 Å². The molecular weight excluding hydrogens is 332 g/mol. The van der Waals surface area contributed by atoms with Gasteiger partial charge < -0.3 is 29.4 Å². The molecule has 0 heterocycles. The van der Waals surface area contributed by atoms with Crippen LogP contribution in [0.15, 0.2) is 0 Å². The first-order valence-electron chi connectivity index (χ1n) is 10.3. The van der Waals surface area contributed by atoms with Crippen molar-refractivity contribution in [1.82, 2.24) is 0 Å². The fourth-order valence-electron chi connectivity index (χ4n) is 4.41. The van der Waals surface area contributed by atoms with Crippen LogP contribution in [0, 0.1) is 0 Å². The van der Waals surface area contributed by atoms with E-state index in [0.717, 1.165) is 38.8 Å². The van der Waals surface area contributed by atoms with E-state index in [1.807, 2.05) is 27.7 Å². The Morgan fingerprint density at radius 1 is 0.500 bits per heavy atom. The van der Waals surface area contributed by atoms with Crippen LogP contribution < -0.4 is 0 Å². The minimum atomic E-state index is -0.363. The van der Waals surface area contributed by atoms with Crippen LogP contribution in [0.2, 0.25) is 0 Å². The van der Waals surface area contributed by atoms with Crippen LogP contribution in [0.4, 0.5) is 0 Å². The molecule has 0 aliphatic rings. The zero-order chi connectivity index (χ0) is 20.4. The van der Waals surface area contributed by atoms with Gasteiger partial charge in [-0.1, -0.05) is 0 Å². The molecule has 0 saturated heterocycles. The maximum absolute atomic E-state index is 9.73. The standard InChI is InChI=1S/C20H46N2O4/c1-17(23)13-21(5,14-18(2)24)11-9-7-8-10-12-22(6,15-19(3)25)16-20(4)26/h17-20,23-26H,7-16H2,1-6H3/q+2. The van der Waals surface area contributed by atoms with Crippen molar-refractivity contribution in [1.29, 1.82) is 0 Å². The van der Waals surface area contributed by atoms with Gasteiger partial charge in [0.2, 0.25) is 0 Å². The van der Waals surface area contributed by atoms with Gasteiger partial charge in [0, 0.05) is 0 Å². The minimum Gasteiger partial charge on any atom is -0.388 e. The second-order valence-corrected chi connectivity index (χ2v) is 9.23. The van der Waals surface area contributed by atoms with Gasteiger partial charge in [-0.3, -0.25) is 0 Å². The Bertz CT molecular complexity index is 306. The number of quaternary nitrogens is 2. The molecule has 0 bridgehead atoms. The zero-order valence-corrected chi connectivity index (χ0v) is 18.1. The van der Waals surface area contributed by atoms with Crippen LogP contribution in [-0.2, 0) is 0 Å². The van der Waals surface area contributed by atoms with Gasteiger partial charge in [-0.25, -0.2) is 0 Å². The van der Waals surface area contributed by atoms with Crippen LogP contribution in [0.25, 0.3) is 0 Å². The molecule has 26 heavy (non-hydrogen) atoms. The molecule has 0 rings (SSSR count). The summed E-state index contributed by atoms with van der Waals surface area (Å²) in [6.07, 6.45) is 2.94. The number of nitrogens with zero attached hydrogens (tertiary/aromatic N) is 2. The molecule has 0 aliphatic heterocycles. The number of aliphatic hydroxyl groups is 4. The summed E-state index contributed by atoms with van der Waals surface area (Å²) in [7, 11) is 4.22. The van der Waals surface area contributed by atoms with Gasteiger partial charge in [0.15, 0.2) is 0 Å². The number of rotatable bonds is 15. The fraction of sp³-hybridized carbons (Fsp3) is 1.00. The van der Waals surface area contributed by atoms with Crippen molar-refractivity contribution < 1.29 is 29.4 Å². The number of hydrogen-bond donors (Lipinski definition) is 4. The van der Waals surface area contributed by atoms with E-state index in [9.17, 15) is 20.4 Å². The topological polar surface area (TPSA) is 80.9 Å². The Hall–Kier alpha value is -0.240. The van der Waals surface area contributed by atoms with E-state index in [2.05, 4.69) is 14.1 Å². The van der Waals surface area contributed by atoms with Gasteiger partial charge in [0.1, 0.15) is 50.6 Å². The zero-order valence-electron chi connectivity index (χ0n) is 18.1. The molecule has 0 radical (unpaired) electrons. The van der Waals surface area contributed by atoms with Gasteiger partial charge in [-0.2, -0.15) is 0 Å². The first kappa shape index (κ1) is 25.8. The smallest absolute Gasteiger partial charge is 0.105 e. The van der Waals surface area contributed by atoms with Crippen molar-refractivity contribution in [3.8, 4) is 0 Å². The van der Waals surface area contributed by atoms with E-state index in [4.69, 9.17) is 0 Å². The van der Waals surface area contributed by atoms with Crippen molar-refractivity contribution in [2.75, 3.05) is 53.4 Å². The largest absolute Gasteiger partial charge is 0.388 e. The normalized spacial score (nSPS) is 21.5. The monoisotopic (exact) mass is 378 g/mol. The lowest BCUT2D eigenvalue weighted by Gasteiger charge is -2.37. The lowest BCUT2D eigenvalue weighted by atomic mass is 10.1. The molecule has 4 N–H and O–H groups in total. The SMILES string of the molecule is CC(O)C[N+](C)(CCCCCC[N+](C)(CC(C)O)CC(C)O)CC(C)O. The highest BCUT2D eigenvalue weighted by atomic mass is 16.3.